The largest absolute Gasteiger partial charge is 0.507 e. The number of nitrogens with zero attached hydrogens (tertiary/aromatic N) is 1. The van der Waals surface area contributed by atoms with Crippen molar-refractivity contribution >= 4 is 17.4 Å². The smallest absolute Gasteiger partial charge is 0.295 e. The highest BCUT2D eigenvalue weighted by Crippen LogP contribution is 2.40. The number of rotatable bonds is 5. The average molecular weight is 365 g/mol. The van der Waals surface area contributed by atoms with Crippen molar-refractivity contribution in [3.63, 3.8) is 0 Å². The van der Waals surface area contributed by atoms with Crippen LogP contribution in [-0.4, -0.2) is 35.4 Å². The first-order chi connectivity index (χ1) is 12.9. The Labute approximate surface area is 158 Å². The molecule has 5 nitrogen and oxygen atoms in total. The molecule has 0 radical (unpaired) electrons. The molecule has 1 unspecified atom stereocenters. The fourth-order valence-electron chi connectivity index (χ4n) is 3.35. The van der Waals surface area contributed by atoms with Crippen LogP contribution in [0, 0.1) is 5.92 Å². The lowest BCUT2D eigenvalue weighted by molar-refractivity contribution is -0.140. The van der Waals surface area contributed by atoms with Gasteiger partial charge < -0.3 is 14.7 Å². The fourth-order valence-corrected chi connectivity index (χ4v) is 3.35. The van der Waals surface area contributed by atoms with Gasteiger partial charge in [0.25, 0.3) is 11.7 Å². The summed E-state index contributed by atoms with van der Waals surface area (Å²) in [5.41, 5.74) is 1.39. The molecule has 1 N–H and O–H groups in total. The zero-order chi connectivity index (χ0) is 19.6. The van der Waals surface area contributed by atoms with E-state index in [1.165, 1.54) is 0 Å². The zero-order valence-corrected chi connectivity index (χ0v) is 15.7. The second kappa shape index (κ2) is 7.66. The number of amides is 1. The van der Waals surface area contributed by atoms with Crippen LogP contribution in [0.25, 0.3) is 5.76 Å². The number of methoxy groups -OCH3 is 1. The van der Waals surface area contributed by atoms with E-state index in [1.807, 2.05) is 32.0 Å². The summed E-state index contributed by atoms with van der Waals surface area (Å²) in [6.45, 7) is 4.40. The second-order valence-electron chi connectivity index (χ2n) is 6.98. The predicted molar refractivity (Wildman–Crippen MR) is 103 cm³/mol. The molecule has 0 saturated carbocycles. The van der Waals surface area contributed by atoms with Crippen molar-refractivity contribution in [1.29, 1.82) is 0 Å². The number of carbonyl (C=O) groups excluding carboxylic acids is 2. The standard InChI is InChI=1S/C22H23NO4/c1-14(2)13-23-19(15-9-11-17(27-3)12-10-15)18(21(25)22(23)26)20(24)16-7-5-4-6-8-16/h4-12,14,19,24H,13H2,1-3H3. The lowest BCUT2D eigenvalue weighted by Crippen LogP contribution is -2.33. The zero-order valence-electron chi connectivity index (χ0n) is 15.7. The Balaban J connectivity index is 2.16. The molecule has 3 rings (SSSR count). The molecule has 1 fully saturated rings. The molecule has 140 valence electrons. The highest BCUT2D eigenvalue weighted by Gasteiger charge is 2.46. The Morgan fingerprint density at radius 2 is 1.70 bits per heavy atom. The number of ketones is 1. The third-order valence-electron chi connectivity index (χ3n) is 4.58. The summed E-state index contributed by atoms with van der Waals surface area (Å²) in [6.07, 6.45) is 0. The van der Waals surface area contributed by atoms with Gasteiger partial charge in [-0.1, -0.05) is 56.3 Å². The molecular weight excluding hydrogens is 342 g/mol. The quantitative estimate of drug-likeness (QED) is 0.498. The van der Waals surface area contributed by atoms with E-state index >= 15 is 0 Å². The van der Waals surface area contributed by atoms with E-state index < -0.39 is 17.7 Å². The van der Waals surface area contributed by atoms with E-state index in [1.54, 1.807) is 48.4 Å². The van der Waals surface area contributed by atoms with Crippen LogP contribution in [0.5, 0.6) is 5.75 Å². The SMILES string of the molecule is COc1ccc(C2C(=C(O)c3ccccc3)C(=O)C(=O)N2CC(C)C)cc1. The van der Waals surface area contributed by atoms with Gasteiger partial charge in [-0.15, -0.1) is 0 Å². The molecule has 0 spiro atoms. The lowest BCUT2D eigenvalue weighted by atomic mass is 9.95. The highest BCUT2D eigenvalue weighted by molar-refractivity contribution is 6.46. The van der Waals surface area contributed by atoms with E-state index in [0.717, 1.165) is 5.56 Å². The molecule has 1 aliphatic rings. The van der Waals surface area contributed by atoms with Gasteiger partial charge >= 0.3 is 0 Å². The Bertz CT molecular complexity index is 869. The van der Waals surface area contributed by atoms with Crippen LogP contribution >= 0.6 is 0 Å². The van der Waals surface area contributed by atoms with E-state index in [-0.39, 0.29) is 17.3 Å². The topological polar surface area (TPSA) is 66.8 Å². The summed E-state index contributed by atoms with van der Waals surface area (Å²) in [6, 6.07) is 15.4. The number of ether oxygens (including phenoxy) is 1. The highest BCUT2D eigenvalue weighted by atomic mass is 16.5. The van der Waals surface area contributed by atoms with Crippen molar-refractivity contribution in [2.24, 2.45) is 5.92 Å². The normalized spacial score (nSPS) is 19.0. The van der Waals surface area contributed by atoms with Crippen molar-refractivity contribution in [2.75, 3.05) is 13.7 Å². The first-order valence-electron chi connectivity index (χ1n) is 8.91. The van der Waals surface area contributed by atoms with Gasteiger partial charge in [-0.3, -0.25) is 9.59 Å². The molecule has 5 heteroatoms. The van der Waals surface area contributed by atoms with Crippen LogP contribution < -0.4 is 4.74 Å². The molecule has 2 aromatic carbocycles. The van der Waals surface area contributed by atoms with E-state index in [9.17, 15) is 14.7 Å². The van der Waals surface area contributed by atoms with Crippen molar-refractivity contribution in [3.8, 4) is 5.75 Å². The Kier molecular flexibility index (Phi) is 5.31. The van der Waals surface area contributed by atoms with Crippen LogP contribution in [0.4, 0.5) is 0 Å². The molecule has 0 aliphatic carbocycles. The lowest BCUT2D eigenvalue weighted by Gasteiger charge is -2.27. The molecule has 0 aromatic heterocycles. The summed E-state index contributed by atoms with van der Waals surface area (Å²) in [7, 11) is 1.58. The van der Waals surface area contributed by atoms with Gasteiger partial charge in [0.05, 0.1) is 18.7 Å². The molecule has 1 atom stereocenters. The van der Waals surface area contributed by atoms with E-state index in [4.69, 9.17) is 4.74 Å². The van der Waals surface area contributed by atoms with Gasteiger partial charge in [0.15, 0.2) is 0 Å². The number of carbonyl (C=O) groups is 2. The second-order valence-corrected chi connectivity index (χ2v) is 6.98. The number of benzene rings is 2. The fraction of sp³-hybridized carbons (Fsp3) is 0.273. The number of likely N-dealkylation sites (tertiary alicyclic amines) is 1. The first kappa shape index (κ1) is 18.7. The maximum Gasteiger partial charge on any atom is 0.295 e. The number of Topliss-reactive ketones (excluding diaryl/α,β-unsaturated/α-hetero) is 1. The van der Waals surface area contributed by atoms with Crippen molar-refractivity contribution in [1.82, 2.24) is 4.90 Å². The van der Waals surface area contributed by atoms with Crippen LogP contribution in [0.2, 0.25) is 0 Å². The van der Waals surface area contributed by atoms with Gasteiger partial charge in [-0.25, -0.2) is 0 Å². The van der Waals surface area contributed by atoms with Crippen LogP contribution in [-0.2, 0) is 9.59 Å². The molecule has 1 saturated heterocycles. The van der Waals surface area contributed by atoms with E-state index in [2.05, 4.69) is 0 Å². The number of aliphatic hydroxyl groups is 1. The average Bonchev–Trinajstić information content (AvgIpc) is 2.92. The van der Waals surface area contributed by atoms with Gasteiger partial charge in [0.2, 0.25) is 0 Å². The summed E-state index contributed by atoms with van der Waals surface area (Å²) < 4.78 is 5.20. The maximum atomic E-state index is 12.8. The van der Waals surface area contributed by atoms with Crippen LogP contribution in [0.1, 0.15) is 31.0 Å². The molecule has 1 heterocycles. The number of hydrogen-bond donors (Lipinski definition) is 1. The predicted octanol–water partition coefficient (Wildman–Crippen LogP) is 3.77. The molecule has 1 amide bonds. The summed E-state index contributed by atoms with van der Waals surface area (Å²) >= 11 is 0. The van der Waals surface area contributed by atoms with Gasteiger partial charge in [0, 0.05) is 12.1 Å². The minimum atomic E-state index is -0.655. The Hall–Kier alpha value is -3.08. The molecule has 1 aliphatic heterocycles. The third kappa shape index (κ3) is 3.58. The van der Waals surface area contributed by atoms with Crippen LogP contribution in [0.3, 0.4) is 0 Å². The summed E-state index contributed by atoms with van der Waals surface area (Å²) in [5.74, 6) is -0.524. The maximum absolute atomic E-state index is 12.8. The third-order valence-corrected chi connectivity index (χ3v) is 4.58. The van der Waals surface area contributed by atoms with Crippen molar-refractivity contribution < 1.29 is 19.4 Å². The Morgan fingerprint density at radius 3 is 2.26 bits per heavy atom. The van der Waals surface area contributed by atoms with E-state index in [0.29, 0.717) is 17.9 Å². The van der Waals surface area contributed by atoms with Crippen LogP contribution in [0.15, 0.2) is 60.2 Å². The minimum absolute atomic E-state index is 0.122. The number of aliphatic hydroxyl groups excluding tert-OH is 1. The minimum Gasteiger partial charge on any atom is -0.507 e. The first-order valence-corrected chi connectivity index (χ1v) is 8.91. The number of hydrogen-bond acceptors (Lipinski definition) is 4. The molecular formula is C22H23NO4. The summed E-state index contributed by atoms with van der Waals surface area (Å²) in [5, 5.41) is 10.8. The molecule has 0 bridgehead atoms. The van der Waals surface area contributed by atoms with Gasteiger partial charge in [-0.05, 0) is 23.6 Å². The molecule has 27 heavy (non-hydrogen) atoms. The van der Waals surface area contributed by atoms with Crippen molar-refractivity contribution in [3.05, 3.63) is 71.3 Å². The summed E-state index contributed by atoms with van der Waals surface area (Å²) in [4.78, 5) is 27.0. The van der Waals surface area contributed by atoms with Gasteiger partial charge in [-0.2, -0.15) is 0 Å². The monoisotopic (exact) mass is 365 g/mol. The van der Waals surface area contributed by atoms with Crippen molar-refractivity contribution in [2.45, 2.75) is 19.9 Å². The molecule has 2 aromatic rings. The van der Waals surface area contributed by atoms with Gasteiger partial charge in [0.1, 0.15) is 11.5 Å². The Morgan fingerprint density at radius 1 is 1.07 bits per heavy atom.